The lowest BCUT2D eigenvalue weighted by Gasteiger charge is -2.20. The summed E-state index contributed by atoms with van der Waals surface area (Å²) in [5.41, 5.74) is 17.1. The van der Waals surface area contributed by atoms with E-state index in [9.17, 15) is 19.5 Å². The predicted molar refractivity (Wildman–Crippen MR) is 102 cm³/mol. The first-order chi connectivity index (χ1) is 13.2. The summed E-state index contributed by atoms with van der Waals surface area (Å²) in [4.78, 5) is 39.0. The van der Waals surface area contributed by atoms with Crippen LogP contribution in [0.25, 0.3) is 0 Å². The molecule has 0 saturated heterocycles. The van der Waals surface area contributed by atoms with Crippen LogP contribution >= 0.6 is 0 Å². The van der Waals surface area contributed by atoms with Gasteiger partial charge in [-0.15, -0.1) is 0 Å². The third-order valence-corrected chi connectivity index (χ3v) is 3.72. The summed E-state index contributed by atoms with van der Waals surface area (Å²) in [6, 6.07) is 4.31. The molecule has 2 unspecified atom stereocenters. The van der Waals surface area contributed by atoms with Crippen LogP contribution in [-0.2, 0) is 20.8 Å². The molecule has 1 aromatic rings. The van der Waals surface area contributed by atoms with E-state index in [4.69, 9.17) is 22.3 Å². The fraction of sp³-hybridized carbons (Fsp3) is 0.412. The minimum absolute atomic E-state index is 0.0909. The van der Waals surface area contributed by atoms with E-state index in [-0.39, 0.29) is 31.1 Å². The van der Waals surface area contributed by atoms with Crippen molar-refractivity contribution < 1.29 is 24.6 Å². The molecule has 0 fully saturated rings. The quantitative estimate of drug-likeness (QED) is 0.127. The van der Waals surface area contributed by atoms with Crippen molar-refractivity contribution in [2.45, 2.75) is 31.3 Å². The molecule has 2 amide bonds. The van der Waals surface area contributed by atoms with Gasteiger partial charge in [0.25, 0.3) is 0 Å². The summed E-state index contributed by atoms with van der Waals surface area (Å²) in [5, 5.41) is 22.7. The molecule has 0 aliphatic carbocycles. The Morgan fingerprint density at radius 2 is 1.75 bits per heavy atom. The standard InChI is InChI=1S/C17H26N6O5/c18-12(8-10-3-5-11(24)6-4-10)15(27)23-13(2-1-7-21-17(19)20)16(28)22-9-14(25)26/h3-6,12-13,24H,1-2,7-9,18H2,(H,22,28)(H,23,27)(H,25,26)(H4,19,20,21). The number of carbonyl (C=O) groups is 3. The summed E-state index contributed by atoms with van der Waals surface area (Å²) >= 11 is 0. The molecular formula is C17H26N6O5. The number of hydrogen-bond donors (Lipinski definition) is 7. The Morgan fingerprint density at radius 1 is 1.11 bits per heavy atom. The number of carboxylic acids is 1. The fourth-order valence-electron chi connectivity index (χ4n) is 2.32. The lowest BCUT2D eigenvalue weighted by Crippen LogP contribution is -2.52. The van der Waals surface area contributed by atoms with Gasteiger partial charge in [0.1, 0.15) is 18.3 Å². The Bertz CT molecular complexity index is 702. The zero-order valence-corrected chi connectivity index (χ0v) is 15.3. The maximum absolute atomic E-state index is 12.4. The Morgan fingerprint density at radius 3 is 2.32 bits per heavy atom. The predicted octanol–water partition coefficient (Wildman–Crippen LogP) is -2.00. The Balaban J connectivity index is 2.68. The van der Waals surface area contributed by atoms with Crippen LogP contribution in [0.2, 0.25) is 0 Å². The molecular weight excluding hydrogens is 368 g/mol. The third kappa shape index (κ3) is 8.85. The lowest BCUT2D eigenvalue weighted by atomic mass is 10.0. The van der Waals surface area contributed by atoms with Crippen LogP contribution < -0.4 is 27.8 Å². The van der Waals surface area contributed by atoms with Gasteiger partial charge in [0, 0.05) is 6.54 Å². The summed E-state index contributed by atoms with van der Waals surface area (Å²) in [5.74, 6) is -2.41. The molecule has 0 aliphatic rings. The topological polar surface area (TPSA) is 206 Å². The normalized spacial score (nSPS) is 12.5. The van der Waals surface area contributed by atoms with Crippen molar-refractivity contribution in [3.8, 4) is 5.75 Å². The molecule has 1 aromatic carbocycles. The number of hydrogen-bond acceptors (Lipinski definition) is 6. The number of nitrogens with one attached hydrogen (secondary N) is 2. The van der Waals surface area contributed by atoms with Crippen molar-refractivity contribution in [2.75, 3.05) is 13.1 Å². The number of phenolic OH excluding ortho intramolecular Hbond substituents is 1. The average molecular weight is 394 g/mol. The van der Waals surface area contributed by atoms with Crippen LogP contribution in [0.4, 0.5) is 0 Å². The Hall–Kier alpha value is -3.34. The first kappa shape index (κ1) is 22.7. The molecule has 0 aliphatic heterocycles. The number of carboxylic acid groups (broad SMARTS) is 1. The monoisotopic (exact) mass is 394 g/mol. The van der Waals surface area contributed by atoms with E-state index in [1.807, 2.05) is 0 Å². The van der Waals surface area contributed by atoms with Gasteiger partial charge in [-0.25, -0.2) is 0 Å². The zero-order valence-electron chi connectivity index (χ0n) is 15.3. The number of nitrogens with zero attached hydrogens (tertiary/aromatic N) is 1. The van der Waals surface area contributed by atoms with Crippen LogP contribution in [0.1, 0.15) is 18.4 Å². The molecule has 28 heavy (non-hydrogen) atoms. The maximum atomic E-state index is 12.4. The second-order valence-electron chi connectivity index (χ2n) is 6.10. The molecule has 11 heteroatoms. The van der Waals surface area contributed by atoms with E-state index >= 15 is 0 Å². The summed E-state index contributed by atoms with van der Waals surface area (Å²) in [6.07, 6.45) is 0.778. The molecule has 0 heterocycles. The van der Waals surface area contributed by atoms with Crippen molar-refractivity contribution in [1.82, 2.24) is 10.6 Å². The van der Waals surface area contributed by atoms with Crippen LogP contribution in [0, 0.1) is 0 Å². The van der Waals surface area contributed by atoms with Crippen molar-refractivity contribution in [3.63, 3.8) is 0 Å². The number of aliphatic carboxylic acids is 1. The van der Waals surface area contributed by atoms with E-state index in [0.29, 0.717) is 6.42 Å². The van der Waals surface area contributed by atoms with Crippen molar-refractivity contribution in [3.05, 3.63) is 29.8 Å². The van der Waals surface area contributed by atoms with Crippen LogP contribution in [0.3, 0.4) is 0 Å². The molecule has 0 radical (unpaired) electrons. The molecule has 154 valence electrons. The molecule has 0 aromatic heterocycles. The first-order valence-electron chi connectivity index (χ1n) is 8.57. The number of amides is 2. The lowest BCUT2D eigenvalue weighted by molar-refractivity contribution is -0.138. The van der Waals surface area contributed by atoms with Crippen molar-refractivity contribution in [1.29, 1.82) is 0 Å². The minimum atomic E-state index is -1.21. The van der Waals surface area contributed by atoms with Gasteiger partial charge < -0.3 is 38.0 Å². The van der Waals surface area contributed by atoms with Gasteiger partial charge in [-0.05, 0) is 37.0 Å². The van der Waals surface area contributed by atoms with E-state index < -0.39 is 36.4 Å². The molecule has 2 atom stereocenters. The number of nitrogens with two attached hydrogens (primary N) is 3. The minimum Gasteiger partial charge on any atom is -0.508 e. The zero-order chi connectivity index (χ0) is 21.1. The molecule has 1 rings (SSSR count). The summed E-state index contributed by atoms with van der Waals surface area (Å²) in [7, 11) is 0. The van der Waals surface area contributed by atoms with Crippen LogP contribution in [0.15, 0.2) is 29.3 Å². The molecule has 11 nitrogen and oxygen atoms in total. The van der Waals surface area contributed by atoms with Crippen LogP contribution in [0.5, 0.6) is 5.75 Å². The first-order valence-corrected chi connectivity index (χ1v) is 8.57. The average Bonchev–Trinajstić information content (AvgIpc) is 2.63. The molecule has 10 N–H and O–H groups in total. The van der Waals surface area contributed by atoms with Crippen molar-refractivity contribution >= 4 is 23.7 Å². The highest BCUT2D eigenvalue weighted by atomic mass is 16.4. The Kier molecular flexibility index (Phi) is 9.23. The van der Waals surface area contributed by atoms with Gasteiger partial charge in [0.2, 0.25) is 11.8 Å². The van der Waals surface area contributed by atoms with Gasteiger partial charge >= 0.3 is 5.97 Å². The number of benzene rings is 1. The summed E-state index contributed by atoms with van der Waals surface area (Å²) in [6.45, 7) is -0.320. The van der Waals surface area contributed by atoms with Gasteiger partial charge in [-0.2, -0.15) is 0 Å². The highest BCUT2D eigenvalue weighted by Crippen LogP contribution is 2.11. The van der Waals surface area contributed by atoms with Crippen LogP contribution in [-0.4, -0.2) is 59.1 Å². The highest BCUT2D eigenvalue weighted by molar-refractivity contribution is 5.91. The van der Waals surface area contributed by atoms with Gasteiger partial charge in [-0.1, -0.05) is 12.1 Å². The SMILES string of the molecule is NC(N)=NCCCC(NC(=O)C(N)Cc1ccc(O)cc1)C(=O)NCC(=O)O. The number of carbonyl (C=O) groups excluding carboxylic acids is 2. The third-order valence-electron chi connectivity index (χ3n) is 3.72. The van der Waals surface area contributed by atoms with Gasteiger partial charge in [0.15, 0.2) is 5.96 Å². The van der Waals surface area contributed by atoms with E-state index in [2.05, 4.69) is 15.6 Å². The van der Waals surface area contributed by atoms with E-state index in [1.165, 1.54) is 12.1 Å². The van der Waals surface area contributed by atoms with E-state index in [0.717, 1.165) is 5.56 Å². The summed E-state index contributed by atoms with van der Waals surface area (Å²) < 4.78 is 0. The largest absolute Gasteiger partial charge is 0.508 e. The smallest absolute Gasteiger partial charge is 0.322 e. The Labute approximate surface area is 162 Å². The maximum Gasteiger partial charge on any atom is 0.322 e. The number of phenols is 1. The van der Waals surface area contributed by atoms with Gasteiger partial charge in [0.05, 0.1) is 6.04 Å². The molecule has 0 saturated carbocycles. The molecule has 0 bridgehead atoms. The fourth-order valence-corrected chi connectivity index (χ4v) is 2.32. The number of aromatic hydroxyl groups is 1. The number of rotatable bonds is 11. The number of guanidine groups is 1. The molecule has 0 spiro atoms. The number of aliphatic imine (C=N–C) groups is 1. The highest BCUT2D eigenvalue weighted by Gasteiger charge is 2.24. The second-order valence-corrected chi connectivity index (χ2v) is 6.10. The van der Waals surface area contributed by atoms with Gasteiger partial charge in [-0.3, -0.25) is 19.4 Å². The van der Waals surface area contributed by atoms with Crippen molar-refractivity contribution in [2.24, 2.45) is 22.2 Å². The van der Waals surface area contributed by atoms with E-state index in [1.54, 1.807) is 12.1 Å². The second kappa shape index (κ2) is 11.4.